The summed E-state index contributed by atoms with van der Waals surface area (Å²) in [6.07, 6.45) is 3.23. The molecule has 0 bridgehead atoms. The molecular weight excluding hydrogens is 416 g/mol. The number of carbonyl (C=O) groups is 1. The first-order chi connectivity index (χ1) is 13.6. The van der Waals surface area contributed by atoms with E-state index in [1.54, 1.807) is 19.1 Å². The molecule has 0 amide bonds. The zero-order chi connectivity index (χ0) is 20.1. The summed E-state index contributed by atoms with van der Waals surface area (Å²) in [5.41, 5.74) is 2.10. The quantitative estimate of drug-likeness (QED) is 0.315. The molecule has 1 aromatic carbocycles. The van der Waals surface area contributed by atoms with Gasteiger partial charge in [-0.25, -0.2) is 19.7 Å². The largest absolute Gasteiger partial charge is 0.462 e. The number of ether oxygens (including phenoxy) is 1. The summed E-state index contributed by atoms with van der Waals surface area (Å²) in [5.74, 6) is -1.36. The molecule has 28 heavy (non-hydrogen) atoms. The van der Waals surface area contributed by atoms with Crippen molar-refractivity contribution in [1.82, 2.24) is 15.0 Å². The predicted molar refractivity (Wildman–Crippen MR) is 110 cm³/mol. The first-order valence-electron chi connectivity index (χ1n) is 8.26. The third kappa shape index (κ3) is 4.33. The fourth-order valence-corrected chi connectivity index (χ4v) is 3.82. The summed E-state index contributed by atoms with van der Waals surface area (Å²) in [6, 6.07) is 9.51. The summed E-state index contributed by atoms with van der Waals surface area (Å²) in [7, 11) is 0. The summed E-state index contributed by atoms with van der Waals surface area (Å²) >= 11 is 8.61. The highest BCUT2D eigenvalue weighted by Gasteiger charge is 2.27. The molecule has 0 saturated carbocycles. The normalized spacial score (nSPS) is 11.6. The standard InChI is InChI=1S/C19H15ClN4O2S2/c1-3-26-18(25)14-9-22-19(27-2)24-16(14)13(8-21)17-23-15(10-28-17)11-4-6-12(20)7-5-11/h4-7,9-10,13H,3H2,1-2H3. The number of hydrogen-bond donors (Lipinski definition) is 0. The van der Waals surface area contributed by atoms with E-state index in [1.807, 2.05) is 23.8 Å². The number of nitriles is 1. The van der Waals surface area contributed by atoms with Gasteiger partial charge in [-0.2, -0.15) is 5.26 Å². The average molecular weight is 431 g/mol. The molecule has 0 fully saturated rings. The third-order valence-corrected chi connectivity index (χ3v) is 5.51. The van der Waals surface area contributed by atoms with Crippen molar-refractivity contribution in [3.05, 3.63) is 57.1 Å². The Bertz CT molecular complexity index is 1030. The molecule has 1 atom stereocenters. The molecule has 3 aromatic rings. The van der Waals surface area contributed by atoms with Gasteiger partial charge in [0.05, 0.1) is 24.1 Å². The first-order valence-corrected chi connectivity index (χ1v) is 10.7. The Morgan fingerprint density at radius 2 is 2.11 bits per heavy atom. The highest BCUT2D eigenvalue weighted by molar-refractivity contribution is 7.98. The molecule has 0 aliphatic heterocycles. The number of nitrogens with zero attached hydrogens (tertiary/aromatic N) is 4. The number of rotatable bonds is 6. The molecule has 2 heterocycles. The van der Waals surface area contributed by atoms with Crippen LogP contribution in [0.2, 0.25) is 5.02 Å². The van der Waals surface area contributed by atoms with E-state index >= 15 is 0 Å². The van der Waals surface area contributed by atoms with Crippen molar-refractivity contribution >= 4 is 40.7 Å². The smallest absolute Gasteiger partial charge is 0.341 e. The summed E-state index contributed by atoms with van der Waals surface area (Å²) < 4.78 is 5.09. The third-order valence-electron chi connectivity index (χ3n) is 3.79. The maximum Gasteiger partial charge on any atom is 0.341 e. The zero-order valence-electron chi connectivity index (χ0n) is 15.0. The number of hydrogen-bond acceptors (Lipinski definition) is 8. The first kappa shape index (κ1) is 20.3. The Labute approximate surface area is 175 Å². The summed E-state index contributed by atoms with van der Waals surface area (Å²) in [6.45, 7) is 1.94. The molecule has 0 radical (unpaired) electrons. The van der Waals surface area contributed by atoms with E-state index in [9.17, 15) is 10.1 Å². The molecule has 6 nitrogen and oxygen atoms in total. The second-order valence-electron chi connectivity index (χ2n) is 5.52. The summed E-state index contributed by atoms with van der Waals surface area (Å²) in [5, 5.41) is 13.3. The molecular formula is C19H15ClN4O2S2. The van der Waals surface area contributed by atoms with Crippen LogP contribution in [0.4, 0.5) is 0 Å². The van der Waals surface area contributed by atoms with Gasteiger partial charge in [-0.05, 0) is 25.3 Å². The monoisotopic (exact) mass is 430 g/mol. The second-order valence-corrected chi connectivity index (χ2v) is 7.62. The fourth-order valence-electron chi connectivity index (χ4n) is 2.47. The molecule has 2 aromatic heterocycles. The van der Waals surface area contributed by atoms with Gasteiger partial charge < -0.3 is 4.74 Å². The van der Waals surface area contributed by atoms with Crippen LogP contribution in [0.1, 0.15) is 33.9 Å². The van der Waals surface area contributed by atoms with Gasteiger partial charge in [0.1, 0.15) is 16.5 Å². The summed E-state index contributed by atoms with van der Waals surface area (Å²) in [4.78, 5) is 25.5. The van der Waals surface area contributed by atoms with Crippen LogP contribution in [0.5, 0.6) is 0 Å². The number of thiazole rings is 1. The van der Waals surface area contributed by atoms with Crippen molar-refractivity contribution in [1.29, 1.82) is 5.26 Å². The van der Waals surface area contributed by atoms with Crippen molar-refractivity contribution in [2.75, 3.05) is 12.9 Å². The Balaban J connectivity index is 2.03. The highest BCUT2D eigenvalue weighted by Crippen LogP contribution is 2.32. The van der Waals surface area contributed by atoms with E-state index in [1.165, 1.54) is 29.3 Å². The molecule has 142 valence electrons. The predicted octanol–water partition coefficient (Wildman–Crippen LogP) is 4.81. The topological polar surface area (TPSA) is 88.8 Å². The van der Waals surface area contributed by atoms with Gasteiger partial charge in [-0.3, -0.25) is 0 Å². The number of aromatic nitrogens is 3. The van der Waals surface area contributed by atoms with Gasteiger partial charge >= 0.3 is 5.97 Å². The average Bonchev–Trinajstić information content (AvgIpc) is 3.19. The Morgan fingerprint density at radius 3 is 2.75 bits per heavy atom. The lowest BCUT2D eigenvalue weighted by Gasteiger charge is -2.11. The van der Waals surface area contributed by atoms with E-state index in [0.717, 1.165) is 11.3 Å². The van der Waals surface area contributed by atoms with Crippen LogP contribution in [0.3, 0.4) is 0 Å². The number of benzene rings is 1. The van der Waals surface area contributed by atoms with E-state index < -0.39 is 11.9 Å². The molecule has 0 aliphatic carbocycles. The van der Waals surface area contributed by atoms with Crippen molar-refractivity contribution in [3.63, 3.8) is 0 Å². The highest BCUT2D eigenvalue weighted by atomic mass is 35.5. The second kappa shape index (κ2) is 9.15. The number of esters is 1. The van der Waals surface area contributed by atoms with Gasteiger partial charge in [0.25, 0.3) is 0 Å². The molecule has 0 N–H and O–H groups in total. The Morgan fingerprint density at radius 1 is 1.36 bits per heavy atom. The van der Waals surface area contributed by atoms with Gasteiger partial charge in [0.2, 0.25) is 0 Å². The van der Waals surface area contributed by atoms with Crippen LogP contribution in [-0.2, 0) is 4.74 Å². The zero-order valence-corrected chi connectivity index (χ0v) is 17.4. The SMILES string of the molecule is CCOC(=O)c1cnc(SC)nc1C(C#N)c1nc(-c2ccc(Cl)cc2)cs1. The fraction of sp³-hybridized carbons (Fsp3) is 0.211. The van der Waals surface area contributed by atoms with Gasteiger partial charge in [0, 0.05) is 22.2 Å². The molecule has 0 saturated heterocycles. The molecule has 9 heteroatoms. The van der Waals surface area contributed by atoms with E-state index in [2.05, 4.69) is 21.0 Å². The van der Waals surface area contributed by atoms with Crippen LogP contribution >= 0.6 is 34.7 Å². The molecule has 1 unspecified atom stereocenters. The van der Waals surface area contributed by atoms with Crippen molar-refractivity contribution < 1.29 is 9.53 Å². The van der Waals surface area contributed by atoms with E-state index in [-0.39, 0.29) is 12.2 Å². The lowest BCUT2D eigenvalue weighted by Crippen LogP contribution is -2.14. The maximum atomic E-state index is 12.3. The molecule has 0 aliphatic rings. The van der Waals surface area contributed by atoms with E-state index in [0.29, 0.717) is 20.9 Å². The molecule has 0 spiro atoms. The van der Waals surface area contributed by atoms with Crippen molar-refractivity contribution in [3.8, 4) is 17.3 Å². The lowest BCUT2D eigenvalue weighted by molar-refractivity contribution is 0.0523. The number of halogens is 1. The van der Waals surface area contributed by atoms with Crippen LogP contribution in [0.15, 0.2) is 41.0 Å². The minimum absolute atomic E-state index is 0.175. The minimum Gasteiger partial charge on any atom is -0.462 e. The van der Waals surface area contributed by atoms with Crippen LogP contribution < -0.4 is 0 Å². The Hall–Kier alpha value is -2.47. The van der Waals surface area contributed by atoms with Crippen LogP contribution in [-0.4, -0.2) is 33.8 Å². The lowest BCUT2D eigenvalue weighted by atomic mass is 10.0. The maximum absolute atomic E-state index is 12.3. The molecule has 3 rings (SSSR count). The van der Waals surface area contributed by atoms with Gasteiger partial charge in [0.15, 0.2) is 5.16 Å². The van der Waals surface area contributed by atoms with Gasteiger partial charge in [-0.1, -0.05) is 35.5 Å². The van der Waals surface area contributed by atoms with Crippen molar-refractivity contribution in [2.45, 2.75) is 18.0 Å². The van der Waals surface area contributed by atoms with E-state index in [4.69, 9.17) is 16.3 Å². The van der Waals surface area contributed by atoms with Gasteiger partial charge in [-0.15, -0.1) is 11.3 Å². The Kier molecular flexibility index (Phi) is 6.62. The van der Waals surface area contributed by atoms with Crippen molar-refractivity contribution in [2.24, 2.45) is 0 Å². The number of thioether (sulfide) groups is 1. The van der Waals surface area contributed by atoms with Crippen LogP contribution in [0, 0.1) is 11.3 Å². The minimum atomic E-state index is -0.806. The number of carbonyl (C=O) groups excluding carboxylic acids is 1. The van der Waals surface area contributed by atoms with Crippen LogP contribution in [0.25, 0.3) is 11.3 Å².